The minimum atomic E-state index is 0.0712. The summed E-state index contributed by atoms with van der Waals surface area (Å²) in [4.78, 5) is 0. The third-order valence-corrected chi connectivity index (χ3v) is 3.51. The number of aliphatic hydroxyl groups is 1. The maximum atomic E-state index is 8.89. The molecule has 114 valence electrons. The highest BCUT2D eigenvalue weighted by molar-refractivity contribution is 6.30. The van der Waals surface area contributed by atoms with Gasteiger partial charge in [0.15, 0.2) is 0 Å². The fourth-order valence-corrected chi connectivity index (χ4v) is 2.41. The van der Waals surface area contributed by atoms with Crippen LogP contribution < -0.4 is 5.32 Å². The summed E-state index contributed by atoms with van der Waals surface area (Å²) < 4.78 is 1.69. The molecular formula is C15H16ClN5O. The molecular weight excluding hydrogens is 302 g/mol. The van der Waals surface area contributed by atoms with Crippen molar-refractivity contribution in [3.8, 4) is 11.3 Å². The van der Waals surface area contributed by atoms with Crippen LogP contribution in [0, 0.1) is 0 Å². The third kappa shape index (κ3) is 3.29. The van der Waals surface area contributed by atoms with Crippen molar-refractivity contribution >= 4 is 17.3 Å². The number of anilines is 1. The molecule has 0 aliphatic heterocycles. The van der Waals surface area contributed by atoms with Crippen molar-refractivity contribution in [3.05, 3.63) is 53.4 Å². The summed E-state index contributed by atoms with van der Waals surface area (Å²) in [7, 11) is 0. The van der Waals surface area contributed by atoms with E-state index in [4.69, 9.17) is 16.7 Å². The lowest BCUT2D eigenvalue weighted by molar-refractivity contribution is 0.269. The first-order valence-electron chi connectivity index (χ1n) is 6.91. The van der Waals surface area contributed by atoms with Crippen LogP contribution in [0.2, 0.25) is 5.02 Å². The van der Waals surface area contributed by atoms with Crippen LogP contribution in [0.4, 0.5) is 5.69 Å². The van der Waals surface area contributed by atoms with Gasteiger partial charge in [0.25, 0.3) is 0 Å². The molecule has 2 heterocycles. The Hall–Kier alpha value is -2.31. The van der Waals surface area contributed by atoms with Crippen molar-refractivity contribution in [1.82, 2.24) is 20.0 Å². The van der Waals surface area contributed by atoms with Crippen LogP contribution in [0.3, 0.4) is 0 Å². The Morgan fingerprint density at radius 3 is 3.05 bits per heavy atom. The molecule has 0 spiro atoms. The molecule has 0 aliphatic rings. The molecule has 6 nitrogen and oxygen atoms in total. The van der Waals surface area contributed by atoms with E-state index in [0.717, 1.165) is 22.5 Å². The molecule has 0 saturated heterocycles. The molecule has 0 atom stereocenters. The number of nitrogens with zero attached hydrogens (tertiary/aromatic N) is 3. The van der Waals surface area contributed by atoms with Crippen molar-refractivity contribution in [1.29, 1.82) is 0 Å². The Kier molecular flexibility index (Phi) is 4.41. The number of nitrogens with one attached hydrogen (secondary N) is 2. The predicted molar refractivity (Wildman–Crippen MR) is 85.7 cm³/mol. The van der Waals surface area contributed by atoms with E-state index in [0.29, 0.717) is 18.1 Å². The zero-order chi connectivity index (χ0) is 15.4. The monoisotopic (exact) mass is 317 g/mol. The second-order valence-electron chi connectivity index (χ2n) is 4.85. The topological polar surface area (TPSA) is 78.8 Å². The van der Waals surface area contributed by atoms with Gasteiger partial charge in [-0.1, -0.05) is 23.7 Å². The number of aromatic nitrogens is 4. The lowest BCUT2D eigenvalue weighted by Crippen LogP contribution is -2.02. The molecule has 0 bridgehead atoms. The summed E-state index contributed by atoms with van der Waals surface area (Å²) in [5.41, 5.74) is 3.87. The summed E-state index contributed by atoms with van der Waals surface area (Å²) in [6, 6.07) is 7.64. The summed E-state index contributed by atoms with van der Waals surface area (Å²) in [6.07, 6.45) is 5.38. The maximum absolute atomic E-state index is 8.89. The quantitative estimate of drug-likeness (QED) is 0.653. The molecule has 22 heavy (non-hydrogen) atoms. The molecule has 3 aromatic rings. The highest BCUT2D eigenvalue weighted by atomic mass is 35.5. The molecule has 1 aromatic carbocycles. The molecule has 0 aliphatic carbocycles. The number of benzene rings is 1. The molecule has 2 aromatic heterocycles. The maximum Gasteiger partial charge on any atom is 0.0729 e. The zero-order valence-electron chi connectivity index (χ0n) is 11.8. The number of hydrogen-bond donors (Lipinski definition) is 3. The van der Waals surface area contributed by atoms with Gasteiger partial charge in [-0.3, -0.25) is 9.78 Å². The molecule has 0 saturated carbocycles. The van der Waals surface area contributed by atoms with E-state index in [9.17, 15) is 0 Å². The van der Waals surface area contributed by atoms with E-state index >= 15 is 0 Å². The fourth-order valence-electron chi connectivity index (χ4n) is 2.22. The van der Waals surface area contributed by atoms with Gasteiger partial charge in [0, 0.05) is 28.9 Å². The number of hydrogen-bond acceptors (Lipinski definition) is 4. The average Bonchev–Trinajstić information content (AvgIpc) is 3.14. The van der Waals surface area contributed by atoms with E-state index in [2.05, 4.69) is 20.6 Å². The highest BCUT2D eigenvalue weighted by Crippen LogP contribution is 2.24. The Bertz CT molecular complexity index is 752. The van der Waals surface area contributed by atoms with Crippen molar-refractivity contribution in [2.24, 2.45) is 0 Å². The largest absolute Gasteiger partial charge is 0.394 e. The van der Waals surface area contributed by atoms with Crippen LogP contribution in [0.5, 0.6) is 0 Å². The fraction of sp³-hybridized carbons (Fsp3) is 0.200. The number of aliphatic hydroxyl groups excluding tert-OH is 1. The van der Waals surface area contributed by atoms with Gasteiger partial charge in [-0.25, -0.2) is 0 Å². The Morgan fingerprint density at radius 2 is 2.23 bits per heavy atom. The van der Waals surface area contributed by atoms with Gasteiger partial charge in [0.05, 0.1) is 36.9 Å². The first kappa shape index (κ1) is 14.6. The van der Waals surface area contributed by atoms with Crippen molar-refractivity contribution in [2.75, 3.05) is 11.9 Å². The van der Waals surface area contributed by atoms with E-state index in [1.54, 1.807) is 17.1 Å². The Labute approximate surface area is 132 Å². The van der Waals surface area contributed by atoms with E-state index in [1.807, 2.05) is 30.5 Å². The van der Waals surface area contributed by atoms with Gasteiger partial charge < -0.3 is 10.4 Å². The lowest BCUT2D eigenvalue weighted by Gasteiger charge is -2.05. The summed E-state index contributed by atoms with van der Waals surface area (Å²) in [6.45, 7) is 1.17. The second kappa shape index (κ2) is 6.64. The standard InChI is InChI=1S/C15H16ClN5O/c16-13-3-1-2-11(6-13)15-12(8-18-20-15)7-17-14-9-19-21(10-14)4-5-22/h1-3,6,8-10,17,22H,4-5,7H2,(H,18,20). The van der Waals surface area contributed by atoms with Crippen LogP contribution in [0.15, 0.2) is 42.9 Å². The van der Waals surface area contributed by atoms with Gasteiger partial charge in [0.1, 0.15) is 0 Å². The van der Waals surface area contributed by atoms with Crippen LogP contribution >= 0.6 is 11.6 Å². The number of halogens is 1. The van der Waals surface area contributed by atoms with Crippen molar-refractivity contribution in [3.63, 3.8) is 0 Å². The highest BCUT2D eigenvalue weighted by Gasteiger charge is 2.08. The van der Waals surface area contributed by atoms with Gasteiger partial charge in [-0.2, -0.15) is 10.2 Å². The van der Waals surface area contributed by atoms with Gasteiger partial charge in [-0.05, 0) is 12.1 Å². The molecule has 3 rings (SSSR count). The van der Waals surface area contributed by atoms with Crippen LogP contribution in [0.1, 0.15) is 5.56 Å². The lowest BCUT2D eigenvalue weighted by atomic mass is 10.1. The predicted octanol–water partition coefficient (Wildman–Crippen LogP) is 2.53. The van der Waals surface area contributed by atoms with Crippen LogP contribution in [0.25, 0.3) is 11.3 Å². The molecule has 3 N–H and O–H groups in total. The number of H-pyrrole nitrogens is 1. The average molecular weight is 318 g/mol. The molecule has 0 amide bonds. The summed E-state index contributed by atoms with van der Waals surface area (Å²) in [5, 5.41) is 24.1. The minimum absolute atomic E-state index is 0.0712. The molecule has 0 unspecified atom stereocenters. The second-order valence-corrected chi connectivity index (χ2v) is 5.29. The molecule has 0 fully saturated rings. The summed E-state index contributed by atoms with van der Waals surface area (Å²) >= 11 is 6.04. The van der Waals surface area contributed by atoms with Crippen molar-refractivity contribution < 1.29 is 5.11 Å². The van der Waals surface area contributed by atoms with E-state index < -0.39 is 0 Å². The van der Waals surface area contributed by atoms with Crippen molar-refractivity contribution in [2.45, 2.75) is 13.1 Å². The first-order valence-corrected chi connectivity index (χ1v) is 7.29. The van der Waals surface area contributed by atoms with Gasteiger partial charge >= 0.3 is 0 Å². The summed E-state index contributed by atoms with van der Waals surface area (Å²) in [5.74, 6) is 0. The molecule has 7 heteroatoms. The Morgan fingerprint density at radius 1 is 1.32 bits per heavy atom. The normalized spacial score (nSPS) is 10.8. The van der Waals surface area contributed by atoms with E-state index in [1.165, 1.54) is 0 Å². The number of rotatable bonds is 6. The SMILES string of the molecule is OCCn1cc(NCc2cn[nH]c2-c2cccc(Cl)c2)cn1. The van der Waals surface area contributed by atoms with Crippen LogP contribution in [-0.2, 0) is 13.1 Å². The Balaban J connectivity index is 1.72. The number of aromatic amines is 1. The van der Waals surface area contributed by atoms with Crippen LogP contribution in [-0.4, -0.2) is 31.7 Å². The minimum Gasteiger partial charge on any atom is -0.394 e. The van der Waals surface area contributed by atoms with E-state index in [-0.39, 0.29) is 6.61 Å². The first-order chi connectivity index (χ1) is 10.8. The van der Waals surface area contributed by atoms with Gasteiger partial charge in [0.2, 0.25) is 0 Å². The smallest absolute Gasteiger partial charge is 0.0729 e. The third-order valence-electron chi connectivity index (χ3n) is 3.28. The molecule has 0 radical (unpaired) electrons. The van der Waals surface area contributed by atoms with Gasteiger partial charge in [-0.15, -0.1) is 0 Å². The zero-order valence-corrected chi connectivity index (χ0v) is 12.6.